The molecule has 0 spiro atoms. The third-order valence-electron chi connectivity index (χ3n) is 2.81. The highest BCUT2D eigenvalue weighted by atomic mass is 16.5. The summed E-state index contributed by atoms with van der Waals surface area (Å²) in [7, 11) is 1.43. The fraction of sp³-hybridized carbons (Fsp3) is 0.909. The van der Waals surface area contributed by atoms with Crippen molar-refractivity contribution in [2.75, 3.05) is 26.9 Å². The van der Waals surface area contributed by atoms with Crippen molar-refractivity contribution >= 4 is 5.97 Å². The molecule has 0 N–H and O–H groups in total. The Balaban J connectivity index is 2.51. The molecule has 88 valence electrons. The molecule has 0 amide bonds. The number of carbonyl (C=O) groups is 1. The minimum atomic E-state index is -0.172. The largest absolute Gasteiger partial charge is 0.468 e. The lowest BCUT2D eigenvalue weighted by Crippen LogP contribution is -2.47. The van der Waals surface area contributed by atoms with Gasteiger partial charge in [0.2, 0.25) is 0 Å². The molecule has 0 saturated carbocycles. The fourth-order valence-corrected chi connectivity index (χ4v) is 1.93. The smallest absolute Gasteiger partial charge is 0.319 e. The van der Waals surface area contributed by atoms with E-state index in [1.54, 1.807) is 0 Å². The quantitative estimate of drug-likeness (QED) is 0.657. The lowest BCUT2D eigenvalue weighted by molar-refractivity contribution is -0.144. The van der Waals surface area contributed by atoms with Crippen molar-refractivity contribution < 1.29 is 14.3 Å². The van der Waals surface area contributed by atoms with Crippen molar-refractivity contribution in [3.05, 3.63) is 0 Å². The molecule has 1 heterocycles. The molecular formula is C11H21NO3. The molecular weight excluding hydrogens is 194 g/mol. The molecule has 4 nitrogen and oxygen atoms in total. The van der Waals surface area contributed by atoms with Gasteiger partial charge in [0.25, 0.3) is 0 Å². The van der Waals surface area contributed by atoms with Crippen molar-refractivity contribution in [1.29, 1.82) is 0 Å². The second-order valence-electron chi connectivity index (χ2n) is 4.21. The Morgan fingerprint density at radius 2 is 2.33 bits per heavy atom. The Kier molecular flexibility index (Phi) is 5.05. The van der Waals surface area contributed by atoms with Gasteiger partial charge in [-0.3, -0.25) is 9.69 Å². The first-order valence-corrected chi connectivity index (χ1v) is 5.55. The Labute approximate surface area is 91.5 Å². The van der Waals surface area contributed by atoms with Crippen LogP contribution in [0.2, 0.25) is 0 Å². The third-order valence-corrected chi connectivity index (χ3v) is 2.81. The SMILES string of the molecule is COC(=O)CN(C(C)C)C1CCCOC1. The maximum atomic E-state index is 11.3. The van der Waals surface area contributed by atoms with Gasteiger partial charge in [0.1, 0.15) is 0 Å². The van der Waals surface area contributed by atoms with E-state index in [9.17, 15) is 4.79 Å². The molecule has 0 aromatic rings. The lowest BCUT2D eigenvalue weighted by Gasteiger charge is -2.36. The van der Waals surface area contributed by atoms with E-state index in [0.717, 1.165) is 26.1 Å². The van der Waals surface area contributed by atoms with Crippen molar-refractivity contribution in [3.63, 3.8) is 0 Å². The Bertz CT molecular complexity index is 200. The van der Waals surface area contributed by atoms with E-state index < -0.39 is 0 Å². The van der Waals surface area contributed by atoms with E-state index in [1.165, 1.54) is 7.11 Å². The van der Waals surface area contributed by atoms with E-state index in [2.05, 4.69) is 18.7 Å². The molecule has 1 aliphatic heterocycles. The van der Waals surface area contributed by atoms with Gasteiger partial charge in [0.15, 0.2) is 0 Å². The standard InChI is InChI=1S/C11H21NO3/c1-9(2)12(7-11(13)14-3)10-5-4-6-15-8-10/h9-10H,4-8H2,1-3H3. The van der Waals surface area contributed by atoms with Crippen LogP contribution in [0.3, 0.4) is 0 Å². The summed E-state index contributed by atoms with van der Waals surface area (Å²) in [6, 6.07) is 0.702. The van der Waals surface area contributed by atoms with Crippen LogP contribution in [0.4, 0.5) is 0 Å². The van der Waals surface area contributed by atoms with Gasteiger partial charge < -0.3 is 9.47 Å². The van der Waals surface area contributed by atoms with Gasteiger partial charge in [-0.1, -0.05) is 0 Å². The lowest BCUT2D eigenvalue weighted by atomic mass is 10.1. The first-order chi connectivity index (χ1) is 7.15. The van der Waals surface area contributed by atoms with Gasteiger partial charge in [0.05, 0.1) is 20.3 Å². The fourth-order valence-electron chi connectivity index (χ4n) is 1.93. The van der Waals surface area contributed by atoms with Crippen molar-refractivity contribution in [1.82, 2.24) is 4.90 Å². The summed E-state index contributed by atoms with van der Waals surface area (Å²) in [6.07, 6.45) is 2.18. The molecule has 0 aromatic heterocycles. The van der Waals surface area contributed by atoms with Crippen LogP contribution in [0.5, 0.6) is 0 Å². The number of carbonyl (C=O) groups excluding carboxylic acids is 1. The highest BCUT2D eigenvalue weighted by Crippen LogP contribution is 2.15. The molecule has 1 fully saturated rings. The highest BCUT2D eigenvalue weighted by molar-refractivity contribution is 5.71. The van der Waals surface area contributed by atoms with Gasteiger partial charge in [-0.15, -0.1) is 0 Å². The molecule has 4 heteroatoms. The molecule has 0 aromatic carbocycles. The number of esters is 1. The van der Waals surface area contributed by atoms with E-state index >= 15 is 0 Å². The molecule has 15 heavy (non-hydrogen) atoms. The predicted octanol–water partition coefficient (Wildman–Crippen LogP) is 1.05. The third kappa shape index (κ3) is 3.80. The van der Waals surface area contributed by atoms with Crippen LogP contribution in [-0.2, 0) is 14.3 Å². The maximum absolute atomic E-state index is 11.3. The van der Waals surface area contributed by atoms with Crippen LogP contribution in [-0.4, -0.2) is 49.8 Å². The minimum Gasteiger partial charge on any atom is -0.468 e. The van der Waals surface area contributed by atoms with Crippen LogP contribution in [0.15, 0.2) is 0 Å². The zero-order chi connectivity index (χ0) is 11.3. The summed E-state index contributed by atoms with van der Waals surface area (Å²) in [4.78, 5) is 13.4. The first-order valence-electron chi connectivity index (χ1n) is 5.55. The van der Waals surface area contributed by atoms with Gasteiger partial charge in [-0.05, 0) is 26.7 Å². The molecule has 0 bridgehead atoms. The molecule has 0 aliphatic carbocycles. The molecule has 0 radical (unpaired) electrons. The average molecular weight is 215 g/mol. The van der Waals surface area contributed by atoms with Crippen LogP contribution < -0.4 is 0 Å². The minimum absolute atomic E-state index is 0.172. The van der Waals surface area contributed by atoms with Crippen LogP contribution >= 0.6 is 0 Å². The van der Waals surface area contributed by atoms with Crippen molar-refractivity contribution in [2.45, 2.75) is 38.8 Å². The van der Waals surface area contributed by atoms with Crippen LogP contribution in [0.25, 0.3) is 0 Å². The average Bonchev–Trinajstić information content (AvgIpc) is 2.26. The van der Waals surface area contributed by atoms with Crippen LogP contribution in [0, 0.1) is 0 Å². The van der Waals surface area contributed by atoms with E-state index in [-0.39, 0.29) is 5.97 Å². The second kappa shape index (κ2) is 6.08. The van der Waals surface area contributed by atoms with Gasteiger partial charge >= 0.3 is 5.97 Å². The zero-order valence-electron chi connectivity index (χ0n) is 9.86. The van der Waals surface area contributed by atoms with Crippen molar-refractivity contribution in [2.24, 2.45) is 0 Å². The zero-order valence-corrected chi connectivity index (χ0v) is 9.86. The Morgan fingerprint density at radius 1 is 1.60 bits per heavy atom. The van der Waals surface area contributed by atoms with E-state index in [1.807, 2.05) is 0 Å². The first kappa shape index (κ1) is 12.5. The molecule has 1 atom stereocenters. The number of nitrogens with zero attached hydrogens (tertiary/aromatic N) is 1. The van der Waals surface area contributed by atoms with E-state index in [4.69, 9.17) is 9.47 Å². The predicted molar refractivity (Wildman–Crippen MR) is 57.7 cm³/mol. The van der Waals surface area contributed by atoms with Gasteiger partial charge in [-0.2, -0.15) is 0 Å². The topological polar surface area (TPSA) is 38.8 Å². The molecule has 1 aliphatic rings. The molecule has 1 unspecified atom stereocenters. The summed E-state index contributed by atoms with van der Waals surface area (Å²) in [5.41, 5.74) is 0. The van der Waals surface area contributed by atoms with Gasteiger partial charge in [0, 0.05) is 18.7 Å². The summed E-state index contributed by atoms with van der Waals surface area (Å²) in [5, 5.41) is 0. The van der Waals surface area contributed by atoms with Crippen molar-refractivity contribution in [3.8, 4) is 0 Å². The summed E-state index contributed by atoms with van der Waals surface area (Å²) in [5.74, 6) is -0.172. The summed E-state index contributed by atoms with van der Waals surface area (Å²) >= 11 is 0. The number of methoxy groups -OCH3 is 1. The van der Waals surface area contributed by atoms with E-state index in [0.29, 0.717) is 18.6 Å². The monoisotopic (exact) mass is 215 g/mol. The Morgan fingerprint density at radius 3 is 2.80 bits per heavy atom. The number of hydrogen-bond donors (Lipinski definition) is 0. The second-order valence-corrected chi connectivity index (χ2v) is 4.21. The number of hydrogen-bond acceptors (Lipinski definition) is 4. The number of ether oxygens (including phenoxy) is 2. The molecule has 1 rings (SSSR count). The maximum Gasteiger partial charge on any atom is 0.319 e. The normalized spacial score (nSPS) is 22.1. The summed E-state index contributed by atoms with van der Waals surface area (Å²) in [6.45, 7) is 6.13. The highest BCUT2D eigenvalue weighted by Gasteiger charge is 2.25. The number of rotatable bonds is 4. The van der Waals surface area contributed by atoms with Gasteiger partial charge in [-0.25, -0.2) is 0 Å². The van der Waals surface area contributed by atoms with Crippen LogP contribution in [0.1, 0.15) is 26.7 Å². The summed E-state index contributed by atoms with van der Waals surface area (Å²) < 4.78 is 10.1. The molecule has 1 saturated heterocycles. The Hall–Kier alpha value is -0.610.